The molecule has 0 bridgehead atoms. The largest absolute Gasteiger partial charge is 0.358 e. The third-order valence-electron chi connectivity index (χ3n) is 2.17. The van der Waals surface area contributed by atoms with Crippen LogP contribution in [0.3, 0.4) is 0 Å². The first-order valence-corrected chi connectivity index (χ1v) is 8.01. The summed E-state index contributed by atoms with van der Waals surface area (Å²) in [6.45, 7) is 0.454. The lowest BCUT2D eigenvalue weighted by atomic mass is 10.3. The van der Waals surface area contributed by atoms with Crippen LogP contribution >= 0.6 is 15.9 Å². The number of hydrogen-bond acceptors (Lipinski definition) is 4. The molecule has 6 heteroatoms. The smallest absolute Gasteiger partial charge is 0.149 e. The number of alkyl halides is 1. The van der Waals surface area contributed by atoms with E-state index in [9.17, 15) is 8.42 Å². The minimum absolute atomic E-state index is 0.141. The molecule has 0 atom stereocenters. The molecule has 4 nitrogen and oxygen atoms in total. The highest BCUT2D eigenvalue weighted by Crippen LogP contribution is 2.18. The SMILES string of the molecule is CN(CCS(C)(=O)=O)c1ncccc1CBr. The van der Waals surface area contributed by atoms with Gasteiger partial charge in [0.25, 0.3) is 0 Å². The Balaban J connectivity index is 2.76. The minimum Gasteiger partial charge on any atom is -0.358 e. The first-order chi connectivity index (χ1) is 7.44. The van der Waals surface area contributed by atoms with Gasteiger partial charge in [-0.2, -0.15) is 0 Å². The van der Waals surface area contributed by atoms with E-state index >= 15 is 0 Å². The van der Waals surface area contributed by atoms with Gasteiger partial charge in [0.1, 0.15) is 15.7 Å². The Kier molecular flexibility index (Phi) is 4.73. The molecular weight excluding hydrogens is 292 g/mol. The molecule has 0 N–H and O–H groups in total. The average molecular weight is 307 g/mol. The number of nitrogens with zero attached hydrogens (tertiary/aromatic N) is 2. The normalized spacial score (nSPS) is 11.4. The van der Waals surface area contributed by atoms with Crippen molar-refractivity contribution >= 4 is 31.6 Å². The highest BCUT2D eigenvalue weighted by Gasteiger charge is 2.10. The Morgan fingerprint density at radius 2 is 2.19 bits per heavy atom. The Hall–Kier alpha value is -0.620. The van der Waals surface area contributed by atoms with Crippen LogP contribution in [0.4, 0.5) is 5.82 Å². The summed E-state index contributed by atoms with van der Waals surface area (Å²) in [6, 6.07) is 3.83. The van der Waals surface area contributed by atoms with E-state index in [4.69, 9.17) is 0 Å². The van der Waals surface area contributed by atoms with Gasteiger partial charge in [-0.25, -0.2) is 13.4 Å². The summed E-state index contributed by atoms with van der Waals surface area (Å²) in [7, 11) is -1.08. The van der Waals surface area contributed by atoms with Crippen LogP contribution in [-0.4, -0.2) is 39.0 Å². The van der Waals surface area contributed by atoms with Crippen LogP contribution in [0.1, 0.15) is 5.56 Å². The van der Waals surface area contributed by atoms with E-state index < -0.39 is 9.84 Å². The second kappa shape index (κ2) is 5.63. The van der Waals surface area contributed by atoms with Gasteiger partial charge in [0.2, 0.25) is 0 Å². The average Bonchev–Trinajstić information content (AvgIpc) is 2.25. The van der Waals surface area contributed by atoms with Crippen molar-refractivity contribution in [3.05, 3.63) is 23.9 Å². The molecule has 1 heterocycles. The topological polar surface area (TPSA) is 50.3 Å². The number of pyridine rings is 1. The Morgan fingerprint density at radius 3 is 2.75 bits per heavy atom. The van der Waals surface area contributed by atoms with Crippen molar-refractivity contribution in [3.63, 3.8) is 0 Å². The van der Waals surface area contributed by atoms with Crippen molar-refractivity contribution in [2.24, 2.45) is 0 Å². The van der Waals surface area contributed by atoms with Gasteiger partial charge in [-0.05, 0) is 6.07 Å². The zero-order chi connectivity index (χ0) is 12.2. The van der Waals surface area contributed by atoms with Crippen molar-refractivity contribution in [2.45, 2.75) is 5.33 Å². The molecule has 0 unspecified atom stereocenters. The fourth-order valence-electron chi connectivity index (χ4n) is 1.29. The summed E-state index contributed by atoms with van der Waals surface area (Å²) in [6.07, 6.45) is 2.95. The van der Waals surface area contributed by atoms with Gasteiger partial charge < -0.3 is 4.90 Å². The number of sulfone groups is 1. The summed E-state index contributed by atoms with van der Waals surface area (Å²) in [5.41, 5.74) is 1.05. The fourth-order valence-corrected chi connectivity index (χ4v) is 2.33. The first kappa shape index (κ1) is 13.4. The van der Waals surface area contributed by atoms with Crippen molar-refractivity contribution in [1.82, 2.24) is 4.98 Å². The Labute approximate surface area is 105 Å². The maximum atomic E-state index is 11.1. The molecule has 0 saturated carbocycles. The van der Waals surface area contributed by atoms with Crippen molar-refractivity contribution in [3.8, 4) is 0 Å². The lowest BCUT2D eigenvalue weighted by Crippen LogP contribution is -2.26. The molecule has 0 saturated heterocycles. The third-order valence-corrected chi connectivity index (χ3v) is 3.70. The van der Waals surface area contributed by atoms with E-state index in [2.05, 4.69) is 20.9 Å². The van der Waals surface area contributed by atoms with Crippen LogP contribution < -0.4 is 4.90 Å². The van der Waals surface area contributed by atoms with Gasteiger partial charge in [0, 0.05) is 36.9 Å². The molecule has 0 fully saturated rings. The molecule has 1 aromatic rings. The van der Waals surface area contributed by atoms with Gasteiger partial charge in [-0.1, -0.05) is 22.0 Å². The molecule has 90 valence electrons. The van der Waals surface area contributed by atoms with Crippen LogP contribution in [0.25, 0.3) is 0 Å². The molecule has 0 aliphatic rings. The molecule has 1 aromatic heterocycles. The number of halogens is 1. The number of anilines is 1. The maximum absolute atomic E-state index is 11.1. The summed E-state index contributed by atoms with van der Waals surface area (Å²) >= 11 is 3.38. The lowest BCUT2D eigenvalue weighted by Gasteiger charge is -2.19. The molecule has 16 heavy (non-hydrogen) atoms. The molecule has 0 amide bonds. The second-order valence-electron chi connectivity index (χ2n) is 3.67. The maximum Gasteiger partial charge on any atom is 0.149 e. The fraction of sp³-hybridized carbons (Fsp3) is 0.500. The monoisotopic (exact) mass is 306 g/mol. The molecule has 0 aliphatic carbocycles. The summed E-state index contributed by atoms with van der Waals surface area (Å²) in [5, 5.41) is 0.708. The molecule has 0 aliphatic heterocycles. The van der Waals surface area contributed by atoms with E-state index in [1.54, 1.807) is 6.20 Å². The van der Waals surface area contributed by atoms with E-state index in [-0.39, 0.29) is 5.75 Å². The standard InChI is InChI=1S/C10H15BrN2O2S/c1-13(6-7-16(2,14)15)10-9(8-11)4-3-5-12-10/h3-5H,6-8H2,1-2H3. The van der Waals surface area contributed by atoms with Gasteiger partial charge in [-0.15, -0.1) is 0 Å². The zero-order valence-corrected chi connectivity index (χ0v) is 11.8. The number of rotatable bonds is 5. The van der Waals surface area contributed by atoms with Gasteiger partial charge in [0.05, 0.1) is 5.75 Å². The Bertz CT molecular complexity index is 448. The quantitative estimate of drug-likeness (QED) is 0.773. The predicted molar refractivity (Wildman–Crippen MR) is 69.8 cm³/mol. The number of hydrogen-bond donors (Lipinski definition) is 0. The van der Waals surface area contributed by atoms with Crippen molar-refractivity contribution < 1.29 is 8.42 Å². The molecule has 0 spiro atoms. The molecule has 1 rings (SSSR count). The predicted octanol–water partition coefficient (Wildman–Crippen LogP) is 1.46. The zero-order valence-electron chi connectivity index (χ0n) is 9.35. The van der Waals surface area contributed by atoms with Crippen LogP contribution in [-0.2, 0) is 15.2 Å². The van der Waals surface area contributed by atoms with E-state index in [0.29, 0.717) is 11.9 Å². The van der Waals surface area contributed by atoms with Gasteiger partial charge in [-0.3, -0.25) is 0 Å². The Morgan fingerprint density at radius 1 is 1.50 bits per heavy atom. The molecule has 0 aromatic carbocycles. The summed E-state index contributed by atoms with van der Waals surface area (Å²) in [4.78, 5) is 6.11. The van der Waals surface area contributed by atoms with Crippen molar-refractivity contribution in [1.29, 1.82) is 0 Å². The first-order valence-electron chi connectivity index (χ1n) is 4.83. The van der Waals surface area contributed by atoms with E-state index in [1.165, 1.54) is 6.26 Å². The lowest BCUT2D eigenvalue weighted by molar-refractivity contribution is 0.601. The van der Waals surface area contributed by atoms with E-state index in [1.807, 2.05) is 24.1 Å². The minimum atomic E-state index is -2.93. The van der Waals surface area contributed by atoms with Crippen LogP contribution in [0.5, 0.6) is 0 Å². The highest BCUT2D eigenvalue weighted by molar-refractivity contribution is 9.08. The van der Waals surface area contributed by atoms with Crippen LogP contribution in [0.2, 0.25) is 0 Å². The summed E-state index contributed by atoms with van der Waals surface area (Å²) < 4.78 is 22.1. The van der Waals surface area contributed by atoms with Gasteiger partial charge >= 0.3 is 0 Å². The summed E-state index contributed by atoms with van der Waals surface area (Å²) in [5.74, 6) is 0.963. The molecule has 0 radical (unpaired) electrons. The second-order valence-corrected chi connectivity index (χ2v) is 6.49. The third kappa shape index (κ3) is 4.09. The van der Waals surface area contributed by atoms with Crippen molar-refractivity contribution in [2.75, 3.05) is 30.5 Å². The van der Waals surface area contributed by atoms with Crippen LogP contribution in [0.15, 0.2) is 18.3 Å². The van der Waals surface area contributed by atoms with Gasteiger partial charge in [0.15, 0.2) is 0 Å². The molecular formula is C10H15BrN2O2S. The van der Waals surface area contributed by atoms with E-state index in [0.717, 1.165) is 11.4 Å². The highest BCUT2D eigenvalue weighted by atomic mass is 79.9. The number of aromatic nitrogens is 1. The van der Waals surface area contributed by atoms with Crippen LogP contribution in [0, 0.1) is 0 Å².